The zero-order chi connectivity index (χ0) is 20.4. The summed E-state index contributed by atoms with van der Waals surface area (Å²) in [5.74, 6) is 0.676. The van der Waals surface area contributed by atoms with Gasteiger partial charge >= 0.3 is 0 Å². The molecule has 0 aromatic carbocycles. The monoisotopic (exact) mass is 399 g/mol. The quantitative estimate of drug-likeness (QED) is 0.710. The number of oxazole rings is 1. The molecule has 2 aliphatic rings. The maximum absolute atomic E-state index is 13.4. The van der Waals surface area contributed by atoms with E-state index in [0.29, 0.717) is 18.9 Å². The number of imidazole rings is 1. The fraction of sp³-hybridized carbons (Fsp3) is 0.619. The molecule has 2 N–H and O–H groups in total. The van der Waals surface area contributed by atoms with Gasteiger partial charge in [0.05, 0.1) is 17.9 Å². The first-order chi connectivity index (χ1) is 14.0. The van der Waals surface area contributed by atoms with Gasteiger partial charge in [0.25, 0.3) is 5.91 Å². The van der Waals surface area contributed by atoms with Crippen molar-refractivity contribution in [3.8, 4) is 0 Å². The third-order valence-corrected chi connectivity index (χ3v) is 6.47. The van der Waals surface area contributed by atoms with Crippen LogP contribution in [-0.4, -0.2) is 50.3 Å². The van der Waals surface area contributed by atoms with Gasteiger partial charge in [-0.3, -0.25) is 9.59 Å². The van der Waals surface area contributed by atoms with Crippen LogP contribution in [0.4, 0.5) is 0 Å². The van der Waals surface area contributed by atoms with Crippen LogP contribution in [0.15, 0.2) is 29.5 Å². The van der Waals surface area contributed by atoms with Gasteiger partial charge in [-0.05, 0) is 38.0 Å². The molecule has 2 saturated heterocycles. The maximum Gasteiger partial charge on any atom is 0.291 e. The van der Waals surface area contributed by atoms with Crippen molar-refractivity contribution in [1.82, 2.24) is 25.2 Å². The van der Waals surface area contributed by atoms with Crippen LogP contribution in [0, 0.1) is 11.3 Å². The molecule has 0 unspecified atom stereocenters. The number of rotatable bonds is 8. The molecule has 2 aromatic heterocycles. The highest BCUT2D eigenvalue weighted by atomic mass is 16.3. The van der Waals surface area contributed by atoms with Crippen molar-refractivity contribution in [3.05, 3.63) is 36.6 Å². The summed E-state index contributed by atoms with van der Waals surface area (Å²) in [6, 6.07) is -0.000811. The van der Waals surface area contributed by atoms with Crippen molar-refractivity contribution in [2.75, 3.05) is 6.54 Å². The lowest BCUT2D eigenvalue weighted by molar-refractivity contribution is -0.133. The number of hydrogen-bond acceptors (Lipinski definition) is 5. The molecule has 0 spiro atoms. The van der Waals surface area contributed by atoms with E-state index in [2.05, 4.69) is 34.1 Å². The summed E-state index contributed by atoms with van der Waals surface area (Å²) in [5.41, 5.74) is 0.466. The second-order valence-electron chi connectivity index (χ2n) is 8.70. The molecule has 4 heterocycles. The van der Waals surface area contributed by atoms with E-state index in [0.717, 1.165) is 37.8 Å². The van der Waals surface area contributed by atoms with Gasteiger partial charge in [0, 0.05) is 36.9 Å². The van der Waals surface area contributed by atoms with Crippen LogP contribution < -0.4 is 5.32 Å². The van der Waals surface area contributed by atoms with Crippen molar-refractivity contribution < 1.29 is 14.0 Å². The fourth-order valence-electron chi connectivity index (χ4n) is 5.02. The van der Waals surface area contributed by atoms with Gasteiger partial charge in [-0.1, -0.05) is 13.8 Å². The normalized spacial score (nSPS) is 25.7. The first-order valence-electron chi connectivity index (χ1n) is 10.5. The van der Waals surface area contributed by atoms with E-state index in [9.17, 15) is 9.59 Å². The van der Waals surface area contributed by atoms with Gasteiger partial charge in [0.2, 0.25) is 11.7 Å². The van der Waals surface area contributed by atoms with E-state index in [1.54, 1.807) is 12.5 Å². The molecule has 0 aliphatic carbocycles. The third kappa shape index (κ3) is 3.68. The van der Waals surface area contributed by atoms with Crippen molar-refractivity contribution in [2.24, 2.45) is 11.3 Å². The zero-order valence-corrected chi connectivity index (χ0v) is 17.1. The summed E-state index contributed by atoms with van der Waals surface area (Å²) in [6.45, 7) is 4.90. The highest BCUT2D eigenvalue weighted by molar-refractivity contribution is 5.94. The maximum atomic E-state index is 13.4. The molecule has 8 heteroatoms. The van der Waals surface area contributed by atoms with Crippen molar-refractivity contribution in [1.29, 1.82) is 0 Å². The molecular weight excluding hydrogens is 370 g/mol. The van der Waals surface area contributed by atoms with Crippen LogP contribution in [0.1, 0.15) is 62.2 Å². The van der Waals surface area contributed by atoms with Crippen molar-refractivity contribution >= 4 is 11.8 Å². The summed E-state index contributed by atoms with van der Waals surface area (Å²) in [6.07, 6.45) is 11.1. The van der Waals surface area contributed by atoms with E-state index in [1.165, 1.54) is 12.6 Å². The van der Waals surface area contributed by atoms with Crippen LogP contribution in [-0.2, 0) is 11.2 Å². The minimum atomic E-state index is -0.531. The summed E-state index contributed by atoms with van der Waals surface area (Å²) in [4.78, 5) is 39.3. The highest BCUT2D eigenvalue weighted by Crippen LogP contribution is 2.53. The Morgan fingerprint density at radius 2 is 2.21 bits per heavy atom. The molecule has 2 fully saturated rings. The number of amides is 2. The Bertz CT molecular complexity index is 833. The van der Waals surface area contributed by atoms with Gasteiger partial charge in [0.15, 0.2) is 6.39 Å². The number of H-pyrrole nitrogens is 1. The van der Waals surface area contributed by atoms with E-state index >= 15 is 0 Å². The van der Waals surface area contributed by atoms with Crippen LogP contribution in [0.25, 0.3) is 0 Å². The van der Waals surface area contributed by atoms with Crippen LogP contribution in [0.2, 0.25) is 0 Å². The predicted octanol–water partition coefficient (Wildman–Crippen LogP) is 2.56. The Morgan fingerprint density at radius 3 is 2.90 bits per heavy atom. The number of carbonyl (C=O) groups excluding carboxylic acids is 2. The van der Waals surface area contributed by atoms with Crippen LogP contribution in [0.5, 0.6) is 0 Å². The number of hydrogen-bond donors (Lipinski definition) is 2. The Labute approximate surface area is 170 Å². The lowest BCUT2D eigenvalue weighted by atomic mass is 9.69. The molecular formula is C21H29N5O3. The number of aromatic amines is 1. The first-order valence-corrected chi connectivity index (χ1v) is 10.5. The molecule has 4 rings (SSSR count). The third-order valence-electron chi connectivity index (χ3n) is 6.47. The van der Waals surface area contributed by atoms with Gasteiger partial charge in [-0.25, -0.2) is 9.97 Å². The van der Waals surface area contributed by atoms with Gasteiger partial charge in [0.1, 0.15) is 0 Å². The van der Waals surface area contributed by atoms with E-state index in [4.69, 9.17) is 4.42 Å². The van der Waals surface area contributed by atoms with Gasteiger partial charge in [-0.15, -0.1) is 0 Å². The number of carbonyl (C=O) groups is 2. The Morgan fingerprint density at radius 1 is 1.34 bits per heavy atom. The number of fused-ring (bicyclic) bond motifs is 2. The largest absolute Gasteiger partial charge is 0.438 e. The molecule has 2 bridgehead atoms. The second-order valence-corrected chi connectivity index (χ2v) is 8.70. The fourth-order valence-corrected chi connectivity index (χ4v) is 5.02. The Hall–Kier alpha value is -2.64. The summed E-state index contributed by atoms with van der Waals surface area (Å²) >= 11 is 0. The topological polar surface area (TPSA) is 104 Å². The van der Waals surface area contributed by atoms with Crippen LogP contribution in [0.3, 0.4) is 0 Å². The van der Waals surface area contributed by atoms with Gasteiger partial charge < -0.3 is 19.6 Å². The molecule has 29 heavy (non-hydrogen) atoms. The second kappa shape index (κ2) is 8.00. The van der Waals surface area contributed by atoms with Crippen molar-refractivity contribution in [2.45, 2.75) is 64.5 Å². The minimum Gasteiger partial charge on any atom is -0.438 e. The molecule has 2 aliphatic heterocycles. The molecule has 0 radical (unpaired) electrons. The van der Waals surface area contributed by atoms with Gasteiger partial charge in [-0.2, -0.15) is 0 Å². The predicted molar refractivity (Wildman–Crippen MR) is 106 cm³/mol. The summed E-state index contributed by atoms with van der Waals surface area (Å²) < 4.78 is 5.25. The summed E-state index contributed by atoms with van der Waals surface area (Å²) in [7, 11) is 0. The SMILES string of the molecule is CC(C)CC[C@]1(C(=O)NCCc2cnc[nH]2)C[C@H]2CC[C@@H]1N2C(=O)c1cnco1. The number of nitrogens with zero attached hydrogens (tertiary/aromatic N) is 3. The minimum absolute atomic E-state index is 0.0697. The lowest BCUT2D eigenvalue weighted by Crippen LogP contribution is -2.50. The molecule has 3 atom stereocenters. The highest BCUT2D eigenvalue weighted by Gasteiger charge is 2.61. The number of nitrogens with one attached hydrogen (secondary N) is 2. The standard InChI is InChI=1S/C21H29N5O3/c1-14(2)5-7-21(20(28)24-8-6-15-10-22-12-25-15)9-16-3-4-18(21)26(16)19(27)17-11-23-13-29-17/h10-14,16,18H,3-9H2,1-2H3,(H,22,25)(H,24,28)/t16-,18+,21+/m1/s1. The average Bonchev–Trinajstić information content (AvgIpc) is 3.50. The Balaban J connectivity index is 1.51. The molecule has 0 saturated carbocycles. The molecule has 8 nitrogen and oxygen atoms in total. The number of aromatic nitrogens is 3. The van der Waals surface area contributed by atoms with E-state index in [1.807, 2.05) is 4.90 Å². The molecule has 2 aromatic rings. The summed E-state index contributed by atoms with van der Waals surface area (Å²) in [5, 5.41) is 3.15. The van der Waals surface area contributed by atoms with E-state index in [-0.39, 0.29) is 29.7 Å². The zero-order valence-electron chi connectivity index (χ0n) is 17.1. The molecule has 156 valence electrons. The van der Waals surface area contributed by atoms with Crippen LogP contribution >= 0.6 is 0 Å². The van der Waals surface area contributed by atoms with Crippen molar-refractivity contribution in [3.63, 3.8) is 0 Å². The smallest absolute Gasteiger partial charge is 0.291 e. The average molecular weight is 399 g/mol. The lowest BCUT2D eigenvalue weighted by Gasteiger charge is -2.36. The first kappa shape index (κ1) is 19.7. The van der Waals surface area contributed by atoms with E-state index < -0.39 is 5.41 Å². The Kier molecular flexibility index (Phi) is 5.43. The molecule has 2 amide bonds.